The quantitative estimate of drug-likeness (QED) is 0.757. The monoisotopic (exact) mass is 291 g/mol. The summed E-state index contributed by atoms with van der Waals surface area (Å²) in [7, 11) is 4.20. The second-order valence-electron chi connectivity index (χ2n) is 6.28. The normalized spacial score (nSPS) is 16.2. The van der Waals surface area contributed by atoms with Crippen molar-refractivity contribution in [2.45, 2.75) is 51.5 Å². The minimum absolute atomic E-state index is 0.544. The number of hydrogen-bond acceptors (Lipinski definition) is 5. The first kappa shape index (κ1) is 16.0. The number of nitrogens with zero attached hydrogens (tertiary/aromatic N) is 3. The van der Waals surface area contributed by atoms with Gasteiger partial charge in [-0.05, 0) is 46.8 Å². The van der Waals surface area contributed by atoms with E-state index in [1.807, 2.05) is 13.0 Å². The van der Waals surface area contributed by atoms with Gasteiger partial charge in [-0.15, -0.1) is 0 Å². The van der Waals surface area contributed by atoms with Gasteiger partial charge < -0.3 is 15.5 Å². The van der Waals surface area contributed by atoms with E-state index >= 15 is 0 Å². The second kappa shape index (κ2) is 8.17. The highest BCUT2D eigenvalue weighted by atomic mass is 15.2. The summed E-state index contributed by atoms with van der Waals surface area (Å²) in [4.78, 5) is 11.3. The minimum atomic E-state index is 0.544. The Balaban J connectivity index is 1.86. The first-order valence-electron chi connectivity index (χ1n) is 8.14. The fourth-order valence-corrected chi connectivity index (χ4v) is 2.76. The van der Waals surface area contributed by atoms with Crippen LogP contribution < -0.4 is 10.6 Å². The average molecular weight is 291 g/mol. The largest absolute Gasteiger partial charge is 0.370 e. The van der Waals surface area contributed by atoms with Gasteiger partial charge in [-0.2, -0.15) is 4.98 Å². The van der Waals surface area contributed by atoms with Crippen molar-refractivity contribution < 1.29 is 0 Å². The molecular weight excluding hydrogens is 262 g/mol. The Morgan fingerprint density at radius 2 is 1.95 bits per heavy atom. The summed E-state index contributed by atoms with van der Waals surface area (Å²) in [5.74, 6) is 1.71. The molecule has 0 amide bonds. The molecule has 0 spiro atoms. The van der Waals surface area contributed by atoms with Crippen molar-refractivity contribution in [1.82, 2.24) is 14.9 Å². The van der Waals surface area contributed by atoms with E-state index in [2.05, 4.69) is 39.6 Å². The van der Waals surface area contributed by atoms with E-state index in [1.54, 1.807) is 0 Å². The molecule has 0 atom stereocenters. The number of anilines is 2. The predicted octanol–water partition coefficient (Wildman–Crippen LogP) is 2.89. The molecule has 0 saturated heterocycles. The Bertz CT molecular complexity index is 427. The maximum absolute atomic E-state index is 4.60. The molecule has 5 heteroatoms. The highest BCUT2D eigenvalue weighted by Crippen LogP contribution is 2.21. The van der Waals surface area contributed by atoms with Crippen molar-refractivity contribution in [2.24, 2.45) is 0 Å². The smallest absolute Gasteiger partial charge is 0.225 e. The lowest BCUT2D eigenvalue weighted by Gasteiger charge is -2.23. The maximum atomic E-state index is 4.60. The van der Waals surface area contributed by atoms with Gasteiger partial charge in [-0.1, -0.05) is 19.3 Å². The van der Waals surface area contributed by atoms with Crippen molar-refractivity contribution in [3.63, 3.8) is 0 Å². The van der Waals surface area contributed by atoms with Crippen LogP contribution in [0.15, 0.2) is 6.07 Å². The summed E-state index contributed by atoms with van der Waals surface area (Å²) in [6, 6.07) is 2.56. The molecule has 1 aromatic heterocycles. The van der Waals surface area contributed by atoms with E-state index in [1.165, 1.54) is 32.1 Å². The van der Waals surface area contributed by atoms with E-state index in [0.717, 1.165) is 37.0 Å². The van der Waals surface area contributed by atoms with Gasteiger partial charge in [-0.25, -0.2) is 4.98 Å². The zero-order chi connectivity index (χ0) is 15.1. The van der Waals surface area contributed by atoms with Crippen LogP contribution in [0.3, 0.4) is 0 Å². The van der Waals surface area contributed by atoms with Crippen LogP contribution in [0, 0.1) is 6.92 Å². The zero-order valence-corrected chi connectivity index (χ0v) is 13.7. The molecule has 1 fully saturated rings. The number of rotatable bonds is 7. The topological polar surface area (TPSA) is 53.1 Å². The van der Waals surface area contributed by atoms with E-state index in [0.29, 0.717) is 6.04 Å². The van der Waals surface area contributed by atoms with Crippen LogP contribution in [0.1, 0.15) is 44.2 Å². The molecule has 2 rings (SSSR count). The minimum Gasteiger partial charge on any atom is -0.370 e. The third-order valence-corrected chi connectivity index (χ3v) is 3.88. The van der Waals surface area contributed by atoms with Crippen LogP contribution >= 0.6 is 0 Å². The van der Waals surface area contributed by atoms with Gasteiger partial charge in [0.15, 0.2) is 0 Å². The third kappa shape index (κ3) is 5.87. The Kier molecular flexibility index (Phi) is 6.23. The lowest BCUT2D eigenvalue weighted by Crippen LogP contribution is -2.24. The summed E-state index contributed by atoms with van der Waals surface area (Å²) in [6.45, 7) is 4.06. The Morgan fingerprint density at radius 1 is 1.19 bits per heavy atom. The van der Waals surface area contributed by atoms with E-state index in [9.17, 15) is 0 Å². The summed E-state index contributed by atoms with van der Waals surface area (Å²) in [5, 5.41) is 6.90. The fraction of sp³-hybridized carbons (Fsp3) is 0.750. The molecule has 5 nitrogen and oxygen atoms in total. The lowest BCUT2D eigenvalue weighted by atomic mass is 9.96. The molecule has 118 valence electrons. The molecule has 0 aromatic carbocycles. The van der Waals surface area contributed by atoms with Crippen LogP contribution in [-0.2, 0) is 0 Å². The molecule has 21 heavy (non-hydrogen) atoms. The van der Waals surface area contributed by atoms with Gasteiger partial charge in [0.1, 0.15) is 5.82 Å². The number of hydrogen-bond donors (Lipinski definition) is 2. The molecule has 1 saturated carbocycles. The summed E-state index contributed by atoms with van der Waals surface area (Å²) in [5.41, 5.74) is 1.01. The van der Waals surface area contributed by atoms with Crippen molar-refractivity contribution in [3.8, 4) is 0 Å². The van der Waals surface area contributed by atoms with Crippen LogP contribution in [0.5, 0.6) is 0 Å². The molecule has 0 unspecified atom stereocenters. The number of aryl methyl sites for hydroxylation is 1. The molecule has 0 aliphatic heterocycles. The van der Waals surface area contributed by atoms with Crippen LogP contribution in [-0.4, -0.2) is 48.1 Å². The van der Waals surface area contributed by atoms with Gasteiger partial charge in [0, 0.05) is 24.3 Å². The highest BCUT2D eigenvalue weighted by Gasteiger charge is 2.14. The maximum Gasteiger partial charge on any atom is 0.225 e. The Morgan fingerprint density at radius 3 is 2.67 bits per heavy atom. The van der Waals surface area contributed by atoms with Crippen LogP contribution in [0.2, 0.25) is 0 Å². The van der Waals surface area contributed by atoms with Gasteiger partial charge in [0.25, 0.3) is 0 Å². The number of nitrogens with one attached hydrogen (secondary N) is 2. The van der Waals surface area contributed by atoms with Crippen LogP contribution in [0.25, 0.3) is 0 Å². The van der Waals surface area contributed by atoms with Gasteiger partial charge >= 0.3 is 0 Å². The average Bonchev–Trinajstić information content (AvgIpc) is 2.44. The standard InChI is InChI=1S/C16H29N5/c1-13-12-15(17-10-7-11-21(2)3)20-16(18-13)19-14-8-5-4-6-9-14/h12,14H,4-11H2,1-3H3,(H2,17,18,19,20). The van der Waals surface area contributed by atoms with E-state index in [4.69, 9.17) is 0 Å². The Labute approximate surface area is 128 Å². The first-order valence-corrected chi connectivity index (χ1v) is 8.14. The molecule has 1 aromatic rings. The number of aromatic nitrogens is 2. The van der Waals surface area contributed by atoms with E-state index < -0.39 is 0 Å². The predicted molar refractivity (Wildman–Crippen MR) is 88.9 cm³/mol. The molecule has 2 N–H and O–H groups in total. The molecular formula is C16H29N5. The van der Waals surface area contributed by atoms with Gasteiger partial charge in [0.05, 0.1) is 0 Å². The van der Waals surface area contributed by atoms with Gasteiger partial charge in [-0.3, -0.25) is 0 Å². The van der Waals surface area contributed by atoms with Crippen molar-refractivity contribution >= 4 is 11.8 Å². The lowest BCUT2D eigenvalue weighted by molar-refractivity contribution is 0.405. The van der Waals surface area contributed by atoms with Crippen molar-refractivity contribution in [1.29, 1.82) is 0 Å². The SMILES string of the molecule is Cc1cc(NCCCN(C)C)nc(NC2CCCCC2)n1. The zero-order valence-electron chi connectivity index (χ0n) is 13.7. The van der Waals surface area contributed by atoms with Crippen molar-refractivity contribution in [2.75, 3.05) is 37.8 Å². The van der Waals surface area contributed by atoms with E-state index in [-0.39, 0.29) is 0 Å². The molecule has 1 heterocycles. The third-order valence-electron chi connectivity index (χ3n) is 3.88. The Hall–Kier alpha value is -1.36. The molecule has 1 aliphatic carbocycles. The highest BCUT2D eigenvalue weighted by molar-refractivity contribution is 5.42. The molecule has 1 aliphatic rings. The molecule has 0 radical (unpaired) electrons. The van der Waals surface area contributed by atoms with Crippen LogP contribution in [0.4, 0.5) is 11.8 Å². The first-order chi connectivity index (χ1) is 10.1. The summed E-state index contributed by atoms with van der Waals surface area (Å²) in [6.07, 6.45) is 7.59. The fourth-order valence-electron chi connectivity index (χ4n) is 2.76. The summed E-state index contributed by atoms with van der Waals surface area (Å²) >= 11 is 0. The summed E-state index contributed by atoms with van der Waals surface area (Å²) < 4.78 is 0. The van der Waals surface area contributed by atoms with Crippen molar-refractivity contribution in [3.05, 3.63) is 11.8 Å². The van der Waals surface area contributed by atoms with Gasteiger partial charge in [0.2, 0.25) is 5.95 Å². The second-order valence-corrected chi connectivity index (χ2v) is 6.28. The molecule has 0 bridgehead atoms.